The average Bonchev–Trinajstić information content (AvgIpc) is 2.88. The fourth-order valence-corrected chi connectivity index (χ4v) is 3.01. The van der Waals surface area contributed by atoms with E-state index in [9.17, 15) is 9.18 Å². The van der Waals surface area contributed by atoms with E-state index in [1.807, 2.05) is 24.3 Å². The highest BCUT2D eigenvalue weighted by Gasteiger charge is 2.24. The Balaban J connectivity index is 1.59. The van der Waals surface area contributed by atoms with Gasteiger partial charge in [-0.15, -0.1) is 0 Å². The standard InChI is InChI=1S/C18H19FN2O/c19-14-7-8-15-13(11-14)5-9-17(15)21-18(22)10-6-12-3-1-2-4-16(12)20/h1-4,7-8,11,17H,5-6,9-10,20H2,(H,21,22). The first-order chi connectivity index (χ1) is 10.6. The van der Waals surface area contributed by atoms with Crippen LogP contribution >= 0.6 is 0 Å². The van der Waals surface area contributed by atoms with E-state index in [1.54, 1.807) is 12.1 Å². The number of halogens is 1. The number of nitrogens with one attached hydrogen (secondary N) is 1. The van der Waals surface area contributed by atoms with Crippen LogP contribution in [0, 0.1) is 5.82 Å². The van der Waals surface area contributed by atoms with Gasteiger partial charge in [0.1, 0.15) is 5.82 Å². The van der Waals surface area contributed by atoms with Crippen LogP contribution in [-0.4, -0.2) is 5.91 Å². The van der Waals surface area contributed by atoms with E-state index in [2.05, 4.69) is 5.32 Å². The Hall–Kier alpha value is -2.36. The Morgan fingerprint density at radius 1 is 1.27 bits per heavy atom. The molecule has 2 aromatic rings. The zero-order valence-corrected chi connectivity index (χ0v) is 12.3. The third-order valence-corrected chi connectivity index (χ3v) is 4.19. The van der Waals surface area contributed by atoms with E-state index in [0.29, 0.717) is 12.8 Å². The lowest BCUT2D eigenvalue weighted by Gasteiger charge is -2.14. The van der Waals surface area contributed by atoms with Crippen LogP contribution in [0.5, 0.6) is 0 Å². The fraction of sp³-hybridized carbons (Fsp3) is 0.278. The number of anilines is 1. The predicted molar refractivity (Wildman–Crippen MR) is 84.8 cm³/mol. The van der Waals surface area contributed by atoms with Crippen LogP contribution in [0.1, 0.15) is 35.6 Å². The van der Waals surface area contributed by atoms with Crippen LogP contribution in [0.15, 0.2) is 42.5 Å². The molecule has 0 fully saturated rings. The summed E-state index contributed by atoms with van der Waals surface area (Å²) in [6.07, 6.45) is 2.67. The van der Waals surface area contributed by atoms with Crippen molar-refractivity contribution in [3.05, 3.63) is 65.0 Å². The molecule has 22 heavy (non-hydrogen) atoms. The topological polar surface area (TPSA) is 55.1 Å². The lowest BCUT2D eigenvalue weighted by molar-refractivity contribution is -0.121. The minimum Gasteiger partial charge on any atom is -0.399 e. The van der Waals surface area contributed by atoms with Crippen molar-refractivity contribution < 1.29 is 9.18 Å². The van der Waals surface area contributed by atoms with Crippen molar-refractivity contribution in [3.63, 3.8) is 0 Å². The molecule has 1 aliphatic carbocycles. The Morgan fingerprint density at radius 2 is 2.09 bits per heavy atom. The summed E-state index contributed by atoms with van der Waals surface area (Å²) in [5.41, 5.74) is 9.63. The van der Waals surface area contributed by atoms with Crippen LogP contribution in [0.25, 0.3) is 0 Å². The molecule has 3 rings (SSSR count). The van der Waals surface area contributed by atoms with Gasteiger partial charge in [0.15, 0.2) is 0 Å². The van der Waals surface area contributed by atoms with Gasteiger partial charge in [-0.25, -0.2) is 4.39 Å². The summed E-state index contributed by atoms with van der Waals surface area (Å²) in [4.78, 5) is 12.1. The molecule has 114 valence electrons. The lowest BCUT2D eigenvalue weighted by Crippen LogP contribution is -2.27. The molecule has 0 saturated heterocycles. The summed E-state index contributed by atoms with van der Waals surface area (Å²) in [5.74, 6) is -0.212. The molecule has 1 unspecified atom stereocenters. The molecule has 2 aromatic carbocycles. The number of benzene rings is 2. The summed E-state index contributed by atoms with van der Waals surface area (Å²) >= 11 is 0. The molecular weight excluding hydrogens is 279 g/mol. The maximum atomic E-state index is 13.2. The molecule has 1 amide bonds. The van der Waals surface area contributed by atoms with Gasteiger partial charge in [-0.1, -0.05) is 24.3 Å². The van der Waals surface area contributed by atoms with Gasteiger partial charge in [0.05, 0.1) is 6.04 Å². The molecule has 4 heteroatoms. The summed E-state index contributed by atoms with van der Waals surface area (Å²) < 4.78 is 13.2. The van der Waals surface area contributed by atoms with Gasteiger partial charge >= 0.3 is 0 Å². The predicted octanol–water partition coefficient (Wildman–Crippen LogP) is 3.14. The first-order valence-corrected chi connectivity index (χ1v) is 7.54. The molecule has 0 heterocycles. The van der Waals surface area contributed by atoms with Crippen molar-refractivity contribution in [2.75, 3.05) is 5.73 Å². The van der Waals surface area contributed by atoms with Crippen LogP contribution in [0.3, 0.4) is 0 Å². The number of hydrogen-bond donors (Lipinski definition) is 2. The Labute approximate surface area is 129 Å². The van der Waals surface area contributed by atoms with Crippen molar-refractivity contribution in [2.45, 2.75) is 31.7 Å². The number of amides is 1. The molecule has 0 bridgehead atoms. The summed E-state index contributed by atoms with van der Waals surface area (Å²) in [5, 5.41) is 3.04. The second-order valence-electron chi connectivity index (χ2n) is 5.70. The van der Waals surface area contributed by atoms with Gasteiger partial charge in [-0.3, -0.25) is 4.79 Å². The number of carbonyl (C=O) groups excluding carboxylic acids is 1. The van der Waals surface area contributed by atoms with Crippen molar-refractivity contribution in [1.82, 2.24) is 5.32 Å². The van der Waals surface area contributed by atoms with Gasteiger partial charge in [0.2, 0.25) is 5.91 Å². The highest BCUT2D eigenvalue weighted by molar-refractivity contribution is 5.77. The molecular formula is C18H19FN2O. The van der Waals surface area contributed by atoms with Crippen molar-refractivity contribution >= 4 is 11.6 Å². The van der Waals surface area contributed by atoms with Crippen molar-refractivity contribution in [3.8, 4) is 0 Å². The third kappa shape index (κ3) is 3.11. The Morgan fingerprint density at radius 3 is 2.91 bits per heavy atom. The molecule has 1 atom stereocenters. The zero-order valence-electron chi connectivity index (χ0n) is 12.3. The Kier molecular flexibility index (Phi) is 4.09. The SMILES string of the molecule is Nc1ccccc1CCC(=O)NC1CCc2cc(F)ccc21. The largest absolute Gasteiger partial charge is 0.399 e. The van der Waals surface area contributed by atoms with Crippen LogP contribution in [0.4, 0.5) is 10.1 Å². The van der Waals surface area contributed by atoms with Gasteiger partial charge in [0.25, 0.3) is 0 Å². The normalized spacial score (nSPS) is 16.3. The zero-order chi connectivity index (χ0) is 15.5. The number of aryl methyl sites for hydroxylation is 2. The Bertz CT molecular complexity index is 699. The first-order valence-electron chi connectivity index (χ1n) is 7.54. The van der Waals surface area contributed by atoms with E-state index in [0.717, 1.165) is 35.2 Å². The van der Waals surface area contributed by atoms with Crippen LogP contribution in [0.2, 0.25) is 0 Å². The van der Waals surface area contributed by atoms with Gasteiger partial charge in [0, 0.05) is 12.1 Å². The van der Waals surface area contributed by atoms with Crippen LogP contribution in [-0.2, 0) is 17.6 Å². The first kappa shape index (κ1) is 14.6. The summed E-state index contributed by atoms with van der Waals surface area (Å²) in [6, 6.07) is 12.4. The van der Waals surface area contributed by atoms with Crippen LogP contribution < -0.4 is 11.1 Å². The van der Waals surface area contributed by atoms with Gasteiger partial charge in [-0.05, 0) is 54.2 Å². The third-order valence-electron chi connectivity index (χ3n) is 4.19. The lowest BCUT2D eigenvalue weighted by atomic mass is 10.1. The summed E-state index contributed by atoms with van der Waals surface area (Å²) in [6.45, 7) is 0. The fourth-order valence-electron chi connectivity index (χ4n) is 3.01. The number of nitrogen functional groups attached to an aromatic ring is 1. The monoisotopic (exact) mass is 298 g/mol. The number of fused-ring (bicyclic) bond motifs is 1. The molecule has 0 spiro atoms. The molecule has 3 N–H and O–H groups in total. The minimum absolute atomic E-state index is 0.00350. The van der Waals surface area contributed by atoms with E-state index in [1.165, 1.54) is 6.07 Å². The quantitative estimate of drug-likeness (QED) is 0.852. The van der Waals surface area contributed by atoms with E-state index in [4.69, 9.17) is 5.73 Å². The second-order valence-corrected chi connectivity index (χ2v) is 5.70. The smallest absolute Gasteiger partial charge is 0.220 e. The van der Waals surface area contributed by atoms with Gasteiger partial charge in [-0.2, -0.15) is 0 Å². The number of rotatable bonds is 4. The number of para-hydroxylation sites is 1. The van der Waals surface area contributed by atoms with Gasteiger partial charge < -0.3 is 11.1 Å². The number of nitrogens with two attached hydrogens (primary N) is 1. The molecule has 3 nitrogen and oxygen atoms in total. The van der Waals surface area contributed by atoms with E-state index in [-0.39, 0.29) is 17.8 Å². The molecule has 0 radical (unpaired) electrons. The second kappa shape index (κ2) is 6.18. The molecule has 0 aromatic heterocycles. The average molecular weight is 298 g/mol. The van der Waals surface area contributed by atoms with E-state index < -0.39 is 0 Å². The summed E-state index contributed by atoms with van der Waals surface area (Å²) in [7, 11) is 0. The van der Waals surface area contributed by atoms with Crippen molar-refractivity contribution in [1.29, 1.82) is 0 Å². The maximum absolute atomic E-state index is 13.2. The number of hydrogen-bond acceptors (Lipinski definition) is 2. The molecule has 1 aliphatic rings. The number of carbonyl (C=O) groups is 1. The molecule has 0 saturated carbocycles. The van der Waals surface area contributed by atoms with E-state index >= 15 is 0 Å². The van der Waals surface area contributed by atoms with Crippen molar-refractivity contribution in [2.24, 2.45) is 0 Å². The highest BCUT2D eigenvalue weighted by atomic mass is 19.1. The maximum Gasteiger partial charge on any atom is 0.220 e. The highest BCUT2D eigenvalue weighted by Crippen LogP contribution is 2.31. The minimum atomic E-state index is -0.217. The molecule has 0 aliphatic heterocycles.